The molecule has 35 heavy (non-hydrogen) atoms. The Balaban J connectivity index is 2.21. The number of aliphatic hydroxyl groups is 1. The van der Waals surface area contributed by atoms with E-state index in [1.807, 2.05) is 0 Å². The first-order valence-corrected chi connectivity index (χ1v) is 11.9. The molecule has 192 valence electrons. The summed E-state index contributed by atoms with van der Waals surface area (Å²) in [6, 6.07) is 4.44. The quantitative estimate of drug-likeness (QED) is 0.206. The summed E-state index contributed by atoms with van der Waals surface area (Å²) >= 11 is 0. The van der Waals surface area contributed by atoms with Crippen molar-refractivity contribution >= 4 is 5.69 Å². The van der Waals surface area contributed by atoms with Crippen molar-refractivity contribution in [2.24, 2.45) is 0 Å². The molecule has 0 aliphatic rings. The van der Waals surface area contributed by atoms with Crippen molar-refractivity contribution in [2.75, 3.05) is 20.3 Å². The van der Waals surface area contributed by atoms with Crippen molar-refractivity contribution in [3.63, 3.8) is 0 Å². The third kappa shape index (κ3) is 8.40. The molecule has 10 heteroatoms. The Morgan fingerprint density at radius 2 is 1.86 bits per heavy atom. The van der Waals surface area contributed by atoms with Gasteiger partial charge >= 0.3 is 5.69 Å². The Labute approximate surface area is 205 Å². The molecule has 0 aliphatic carbocycles. The normalized spacial score (nSPS) is 11.2. The van der Waals surface area contributed by atoms with Gasteiger partial charge in [0.1, 0.15) is 13.2 Å². The van der Waals surface area contributed by atoms with Crippen LogP contribution >= 0.6 is 0 Å². The number of hydrogen-bond acceptors (Lipinski definition) is 8. The Morgan fingerprint density at radius 3 is 2.43 bits per heavy atom. The number of nitrogens with zero attached hydrogens (tertiary/aromatic N) is 3. The van der Waals surface area contributed by atoms with Gasteiger partial charge in [-0.25, -0.2) is 4.79 Å². The second-order valence-electron chi connectivity index (χ2n) is 8.04. The van der Waals surface area contributed by atoms with E-state index in [1.54, 1.807) is 22.9 Å². The number of nitro benzene ring substituents is 1. The maximum atomic E-state index is 12.7. The molecule has 0 atom stereocenters. The van der Waals surface area contributed by atoms with E-state index >= 15 is 0 Å². The van der Waals surface area contributed by atoms with E-state index in [1.165, 1.54) is 25.3 Å². The molecule has 1 heterocycles. The number of benzene rings is 1. The van der Waals surface area contributed by atoms with Gasteiger partial charge in [0, 0.05) is 18.3 Å². The van der Waals surface area contributed by atoms with Gasteiger partial charge in [0.2, 0.25) is 5.88 Å². The van der Waals surface area contributed by atoms with Gasteiger partial charge in [-0.3, -0.25) is 14.7 Å². The molecule has 0 radical (unpaired) electrons. The summed E-state index contributed by atoms with van der Waals surface area (Å²) in [7, 11) is 1.43. The molecule has 0 saturated heterocycles. The van der Waals surface area contributed by atoms with Crippen molar-refractivity contribution in [3.8, 4) is 17.4 Å². The van der Waals surface area contributed by atoms with Crippen LogP contribution in [0.1, 0.15) is 64.0 Å². The monoisotopic (exact) mass is 489 g/mol. The molecule has 10 nitrogen and oxygen atoms in total. The number of nitro groups is 1. The smallest absolute Gasteiger partial charge is 0.351 e. The minimum absolute atomic E-state index is 0.0917. The summed E-state index contributed by atoms with van der Waals surface area (Å²) in [6.07, 6.45) is 10.8. The minimum atomic E-state index is -0.536. The molecule has 0 fully saturated rings. The van der Waals surface area contributed by atoms with E-state index in [4.69, 9.17) is 19.3 Å². The average Bonchev–Trinajstić information content (AvgIpc) is 2.85. The second-order valence-corrected chi connectivity index (χ2v) is 8.04. The zero-order valence-corrected chi connectivity index (χ0v) is 20.6. The predicted molar refractivity (Wildman–Crippen MR) is 132 cm³/mol. The number of hydrogen-bond donors (Lipinski definition) is 1. The predicted octanol–water partition coefficient (Wildman–Crippen LogP) is 4.59. The number of aromatic nitrogens is 2. The molecular formula is C25H35N3O7. The Morgan fingerprint density at radius 1 is 1.14 bits per heavy atom. The minimum Gasteiger partial charge on any atom is -0.493 e. The first kappa shape index (κ1) is 27.8. The van der Waals surface area contributed by atoms with Crippen LogP contribution in [0, 0.1) is 10.1 Å². The van der Waals surface area contributed by atoms with Crippen LogP contribution in [0.3, 0.4) is 0 Å². The molecule has 0 amide bonds. The van der Waals surface area contributed by atoms with E-state index in [-0.39, 0.29) is 48.7 Å². The highest BCUT2D eigenvalue weighted by Gasteiger charge is 2.21. The third-order valence-electron chi connectivity index (χ3n) is 5.52. The lowest BCUT2D eigenvalue weighted by atomic mass is 10.0. The molecule has 0 aliphatic heterocycles. The lowest BCUT2D eigenvalue weighted by Gasteiger charge is -2.19. The van der Waals surface area contributed by atoms with E-state index < -0.39 is 10.6 Å². The Hall–Kier alpha value is -3.40. The van der Waals surface area contributed by atoms with Crippen LogP contribution in [-0.4, -0.2) is 39.9 Å². The number of unbranched alkanes of at least 4 members (excludes halogenated alkanes) is 2. The number of aliphatic hydroxyl groups excluding tert-OH is 1. The largest absolute Gasteiger partial charge is 0.493 e. The van der Waals surface area contributed by atoms with Gasteiger partial charge in [0.25, 0.3) is 5.69 Å². The van der Waals surface area contributed by atoms with Crippen LogP contribution in [0.25, 0.3) is 0 Å². The summed E-state index contributed by atoms with van der Waals surface area (Å²) in [5.41, 5.74) is -0.356. The van der Waals surface area contributed by atoms with Gasteiger partial charge in [0.05, 0.1) is 30.3 Å². The first-order chi connectivity index (χ1) is 16.9. The van der Waals surface area contributed by atoms with Gasteiger partial charge in [0.15, 0.2) is 11.5 Å². The van der Waals surface area contributed by atoms with Crippen molar-refractivity contribution < 1.29 is 24.2 Å². The highest BCUT2D eigenvalue weighted by atomic mass is 16.6. The average molecular weight is 490 g/mol. The lowest BCUT2D eigenvalue weighted by Crippen LogP contribution is -2.27. The van der Waals surface area contributed by atoms with E-state index in [9.17, 15) is 14.9 Å². The highest BCUT2D eigenvalue weighted by Crippen LogP contribution is 2.35. The molecular weight excluding hydrogens is 454 g/mol. The second kappa shape index (κ2) is 14.8. The number of ether oxygens (including phenoxy) is 3. The van der Waals surface area contributed by atoms with E-state index in [0.29, 0.717) is 5.75 Å². The van der Waals surface area contributed by atoms with Crippen molar-refractivity contribution in [2.45, 2.75) is 65.0 Å². The molecule has 2 aromatic rings. The summed E-state index contributed by atoms with van der Waals surface area (Å²) in [6.45, 7) is 4.05. The molecule has 1 aromatic heterocycles. The van der Waals surface area contributed by atoms with Crippen molar-refractivity contribution in [3.05, 3.63) is 62.7 Å². The van der Waals surface area contributed by atoms with Crippen molar-refractivity contribution in [1.82, 2.24) is 9.55 Å². The molecule has 0 bridgehead atoms. The van der Waals surface area contributed by atoms with Crippen LogP contribution in [0.5, 0.6) is 17.4 Å². The standard InChI is InChI=1S/C25H35N3O7/c1-4-6-10-20(11-7-5-2)27-13-12-24(26-25(27)30)35-18-19-16-22(33-3)23(17-21(19)28(31)32)34-15-9-8-14-29/h8-9,12-13,16-17,20,29H,4-7,10-11,14-15,18H2,1-3H3/b9-8+. The third-order valence-corrected chi connectivity index (χ3v) is 5.52. The maximum Gasteiger partial charge on any atom is 0.351 e. The first-order valence-electron chi connectivity index (χ1n) is 11.9. The lowest BCUT2D eigenvalue weighted by molar-refractivity contribution is -0.385. The van der Waals surface area contributed by atoms with Gasteiger partial charge < -0.3 is 19.3 Å². The molecule has 0 saturated carbocycles. The summed E-state index contributed by atoms with van der Waals surface area (Å²) < 4.78 is 18.1. The van der Waals surface area contributed by atoms with Crippen LogP contribution in [-0.2, 0) is 6.61 Å². The molecule has 1 N–H and O–H groups in total. The zero-order chi connectivity index (χ0) is 25.6. The number of methoxy groups -OCH3 is 1. The highest BCUT2D eigenvalue weighted by molar-refractivity contribution is 5.54. The van der Waals surface area contributed by atoms with Gasteiger partial charge in [-0.05, 0) is 25.0 Å². The Kier molecular flexibility index (Phi) is 11.8. The molecule has 0 unspecified atom stereocenters. The Bertz CT molecular complexity index is 1030. The van der Waals surface area contributed by atoms with Crippen LogP contribution < -0.4 is 19.9 Å². The molecule has 2 rings (SSSR count). The number of rotatable bonds is 16. The van der Waals surface area contributed by atoms with Gasteiger partial charge in [-0.2, -0.15) is 4.98 Å². The van der Waals surface area contributed by atoms with Crippen LogP contribution in [0.2, 0.25) is 0 Å². The fraction of sp³-hybridized carbons (Fsp3) is 0.520. The summed E-state index contributed by atoms with van der Waals surface area (Å²) in [4.78, 5) is 27.9. The SMILES string of the molecule is CCCCC(CCCC)n1ccc(OCc2cc(OC)c(OC/C=C/CO)cc2[N+](=O)[O-])nc1=O. The van der Waals surface area contributed by atoms with E-state index in [0.717, 1.165) is 38.5 Å². The molecule has 1 aromatic carbocycles. The summed E-state index contributed by atoms with van der Waals surface area (Å²) in [5, 5.41) is 20.4. The summed E-state index contributed by atoms with van der Waals surface area (Å²) in [5.74, 6) is 0.583. The van der Waals surface area contributed by atoms with Gasteiger partial charge in [-0.15, -0.1) is 0 Å². The maximum absolute atomic E-state index is 12.7. The fourth-order valence-electron chi connectivity index (χ4n) is 3.64. The fourth-order valence-corrected chi connectivity index (χ4v) is 3.64. The van der Waals surface area contributed by atoms with E-state index in [2.05, 4.69) is 18.8 Å². The van der Waals surface area contributed by atoms with Gasteiger partial charge in [-0.1, -0.05) is 45.6 Å². The van der Waals surface area contributed by atoms with Crippen LogP contribution in [0.4, 0.5) is 5.69 Å². The van der Waals surface area contributed by atoms with Crippen LogP contribution in [0.15, 0.2) is 41.3 Å². The topological polar surface area (TPSA) is 126 Å². The van der Waals surface area contributed by atoms with Crippen molar-refractivity contribution in [1.29, 1.82) is 0 Å². The zero-order valence-electron chi connectivity index (χ0n) is 20.6. The molecule has 0 spiro atoms.